The van der Waals surface area contributed by atoms with E-state index >= 15 is 0 Å². The summed E-state index contributed by atoms with van der Waals surface area (Å²) >= 11 is 0. The van der Waals surface area contributed by atoms with Crippen molar-refractivity contribution >= 4 is 16.0 Å². The Morgan fingerprint density at radius 1 is 1.21 bits per heavy atom. The average molecular weight is 285 g/mol. The standard InChI is InChI=1S/C11H19N5O2S/c12-16-11-13-7-10(8-14-11)19(17,18)15-6-9-4-2-1-3-5-9/h7-9,15H,1-6,12H2,(H,13,14,16). The van der Waals surface area contributed by atoms with Gasteiger partial charge in [-0.3, -0.25) is 5.43 Å². The zero-order valence-electron chi connectivity index (χ0n) is 10.7. The lowest BCUT2D eigenvalue weighted by Crippen LogP contribution is -2.30. The molecule has 0 saturated heterocycles. The number of nitrogens with two attached hydrogens (primary N) is 1. The molecule has 0 aliphatic heterocycles. The van der Waals surface area contributed by atoms with Gasteiger partial charge in [0.1, 0.15) is 4.90 Å². The van der Waals surface area contributed by atoms with Crippen LogP contribution in [0.25, 0.3) is 0 Å². The molecule has 0 unspecified atom stereocenters. The summed E-state index contributed by atoms with van der Waals surface area (Å²) < 4.78 is 26.7. The number of nitrogens with one attached hydrogen (secondary N) is 2. The summed E-state index contributed by atoms with van der Waals surface area (Å²) in [5.41, 5.74) is 2.25. The number of aromatic nitrogens is 2. The molecular weight excluding hydrogens is 266 g/mol. The number of hydrogen-bond donors (Lipinski definition) is 3. The lowest BCUT2D eigenvalue weighted by atomic mass is 9.90. The molecule has 8 heteroatoms. The molecule has 1 heterocycles. The second-order valence-electron chi connectivity index (χ2n) is 4.74. The van der Waals surface area contributed by atoms with E-state index in [1.165, 1.54) is 31.7 Å². The van der Waals surface area contributed by atoms with Gasteiger partial charge in [-0.05, 0) is 18.8 Å². The van der Waals surface area contributed by atoms with Crippen molar-refractivity contribution in [2.24, 2.45) is 11.8 Å². The van der Waals surface area contributed by atoms with Crippen molar-refractivity contribution in [1.29, 1.82) is 0 Å². The molecule has 1 aromatic rings. The Kier molecular flexibility index (Phi) is 4.67. The molecule has 0 atom stereocenters. The first-order valence-corrected chi connectivity index (χ1v) is 7.88. The van der Waals surface area contributed by atoms with Crippen LogP contribution in [0.2, 0.25) is 0 Å². The fraction of sp³-hybridized carbons (Fsp3) is 0.636. The van der Waals surface area contributed by atoms with E-state index in [2.05, 4.69) is 20.1 Å². The molecule has 1 aliphatic carbocycles. The molecule has 0 bridgehead atoms. The van der Waals surface area contributed by atoms with Crippen molar-refractivity contribution < 1.29 is 8.42 Å². The van der Waals surface area contributed by atoms with Crippen molar-refractivity contribution in [3.63, 3.8) is 0 Å². The van der Waals surface area contributed by atoms with E-state index in [1.54, 1.807) is 0 Å². The predicted octanol–water partition coefficient (Wildman–Crippen LogP) is 0.621. The molecule has 19 heavy (non-hydrogen) atoms. The monoisotopic (exact) mass is 285 g/mol. The third-order valence-electron chi connectivity index (χ3n) is 3.35. The molecule has 0 radical (unpaired) electrons. The van der Waals surface area contributed by atoms with Crippen LogP contribution in [0.1, 0.15) is 32.1 Å². The van der Waals surface area contributed by atoms with Gasteiger partial charge in [0.25, 0.3) is 0 Å². The minimum absolute atomic E-state index is 0.0577. The Morgan fingerprint density at radius 3 is 2.42 bits per heavy atom. The Balaban J connectivity index is 1.96. The van der Waals surface area contributed by atoms with Gasteiger partial charge in [-0.2, -0.15) is 0 Å². The second kappa shape index (κ2) is 6.27. The molecule has 4 N–H and O–H groups in total. The van der Waals surface area contributed by atoms with E-state index < -0.39 is 10.0 Å². The highest BCUT2D eigenvalue weighted by molar-refractivity contribution is 7.89. The maximum absolute atomic E-state index is 12.0. The fourth-order valence-electron chi connectivity index (χ4n) is 2.23. The maximum Gasteiger partial charge on any atom is 0.243 e. The fourth-order valence-corrected chi connectivity index (χ4v) is 3.24. The van der Waals surface area contributed by atoms with Crippen molar-refractivity contribution in [2.45, 2.75) is 37.0 Å². The summed E-state index contributed by atoms with van der Waals surface area (Å²) in [5, 5.41) is 0. The average Bonchev–Trinajstić information content (AvgIpc) is 2.46. The highest BCUT2D eigenvalue weighted by Crippen LogP contribution is 2.23. The minimum atomic E-state index is -3.53. The highest BCUT2D eigenvalue weighted by Gasteiger charge is 2.19. The van der Waals surface area contributed by atoms with Gasteiger partial charge in [-0.25, -0.2) is 29.0 Å². The van der Waals surface area contributed by atoms with Crippen LogP contribution < -0.4 is 16.0 Å². The van der Waals surface area contributed by atoms with Crippen LogP contribution >= 0.6 is 0 Å². The van der Waals surface area contributed by atoms with Gasteiger partial charge < -0.3 is 0 Å². The van der Waals surface area contributed by atoms with Gasteiger partial charge in [0.05, 0.1) is 12.4 Å². The molecule has 106 valence electrons. The van der Waals surface area contributed by atoms with Crippen LogP contribution in [0.15, 0.2) is 17.3 Å². The van der Waals surface area contributed by atoms with Gasteiger partial charge in [-0.15, -0.1) is 0 Å². The number of nitrogens with zero attached hydrogens (tertiary/aromatic N) is 2. The Hall–Kier alpha value is -1.25. The molecule has 0 aromatic carbocycles. The molecule has 1 saturated carbocycles. The van der Waals surface area contributed by atoms with Crippen molar-refractivity contribution in [3.8, 4) is 0 Å². The summed E-state index contributed by atoms with van der Waals surface area (Å²) in [5.74, 6) is 5.75. The second-order valence-corrected chi connectivity index (χ2v) is 6.51. The zero-order chi connectivity index (χ0) is 13.7. The number of sulfonamides is 1. The first-order chi connectivity index (χ1) is 9.12. The van der Waals surface area contributed by atoms with Crippen molar-refractivity contribution in [1.82, 2.24) is 14.7 Å². The third kappa shape index (κ3) is 3.85. The third-order valence-corrected chi connectivity index (χ3v) is 4.73. The van der Waals surface area contributed by atoms with E-state index in [1.807, 2.05) is 0 Å². The summed E-state index contributed by atoms with van der Waals surface area (Å²) in [7, 11) is -3.53. The summed E-state index contributed by atoms with van der Waals surface area (Å²) in [6.07, 6.45) is 8.30. The van der Waals surface area contributed by atoms with Gasteiger partial charge in [0.15, 0.2) is 0 Å². The van der Waals surface area contributed by atoms with Gasteiger partial charge >= 0.3 is 0 Å². The molecule has 1 aromatic heterocycles. The topological polar surface area (TPSA) is 110 Å². The SMILES string of the molecule is NNc1ncc(S(=O)(=O)NCC2CCCCC2)cn1. The minimum Gasteiger partial charge on any atom is -0.292 e. The van der Waals surface area contributed by atoms with Crippen molar-refractivity contribution in [3.05, 3.63) is 12.4 Å². The highest BCUT2D eigenvalue weighted by atomic mass is 32.2. The van der Waals surface area contributed by atoms with E-state index in [0.29, 0.717) is 12.5 Å². The number of rotatable bonds is 5. The Bertz CT molecular complexity index is 496. The first kappa shape index (κ1) is 14.2. The van der Waals surface area contributed by atoms with Crippen LogP contribution in [0.5, 0.6) is 0 Å². The maximum atomic E-state index is 12.0. The van der Waals surface area contributed by atoms with Gasteiger partial charge in [-0.1, -0.05) is 19.3 Å². The normalized spacial score (nSPS) is 17.3. The molecule has 2 rings (SSSR count). The van der Waals surface area contributed by atoms with E-state index in [4.69, 9.17) is 5.84 Å². The van der Waals surface area contributed by atoms with Crippen LogP contribution in [0.3, 0.4) is 0 Å². The number of nitrogen functional groups attached to an aromatic ring is 1. The van der Waals surface area contributed by atoms with Crippen LogP contribution in [0, 0.1) is 5.92 Å². The Labute approximate surface area is 113 Å². The van der Waals surface area contributed by atoms with Gasteiger partial charge in [0, 0.05) is 6.54 Å². The smallest absolute Gasteiger partial charge is 0.243 e. The lowest BCUT2D eigenvalue weighted by molar-refractivity contribution is 0.357. The van der Waals surface area contributed by atoms with Crippen LogP contribution in [-0.4, -0.2) is 24.9 Å². The summed E-state index contributed by atoms with van der Waals surface area (Å²) in [6, 6.07) is 0. The summed E-state index contributed by atoms with van der Waals surface area (Å²) in [4.78, 5) is 7.64. The first-order valence-electron chi connectivity index (χ1n) is 6.40. The summed E-state index contributed by atoms with van der Waals surface area (Å²) in [6.45, 7) is 0.485. The van der Waals surface area contributed by atoms with Crippen molar-refractivity contribution in [2.75, 3.05) is 12.0 Å². The number of hydrogen-bond acceptors (Lipinski definition) is 6. The van der Waals surface area contributed by atoms with Gasteiger partial charge in [0.2, 0.25) is 16.0 Å². The lowest BCUT2D eigenvalue weighted by Gasteiger charge is -2.21. The molecule has 0 amide bonds. The molecule has 7 nitrogen and oxygen atoms in total. The Morgan fingerprint density at radius 2 is 1.84 bits per heavy atom. The number of hydrazine groups is 1. The molecule has 1 aliphatic rings. The molecular formula is C11H19N5O2S. The molecule has 1 fully saturated rings. The van der Waals surface area contributed by atoms with Crippen LogP contribution in [0.4, 0.5) is 5.95 Å². The van der Waals surface area contributed by atoms with Crippen LogP contribution in [-0.2, 0) is 10.0 Å². The van der Waals surface area contributed by atoms with E-state index in [-0.39, 0.29) is 10.8 Å². The predicted molar refractivity (Wildman–Crippen MR) is 71.6 cm³/mol. The zero-order valence-corrected chi connectivity index (χ0v) is 11.5. The molecule has 0 spiro atoms. The van der Waals surface area contributed by atoms with E-state index in [9.17, 15) is 8.42 Å². The van der Waals surface area contributed by atoms with E-state index in [0.717, 1.165) is 12.8 Å². The largest absolute Gasteiger partial charge is 0.292 e. The number of anilines is 1. The quantitative estimate of drug-likeness (QED) is 0.540.